The molecule has 3 nitrogen and oxygen atoms in total. The third kappa shape index (κ3) is 4.34. The first-order valence-corrected chi connectivity index (χ1v) is 7.90. The topological polar surface area (TPSA) is 41.1 Å². The van der Waals surface area contributed by atoms with Crippen LogP contribution in [0.4, 0.5) is 13.2 Å². The van der Waals surface area contributed by atoms with Crippen molar-refractivity contribution in [2.75, 3.05) is 0 Å². The van der Waals surface area contributed by atoms with Crippen molar-refractivity contribution in [1.82, 2.24) is 10.6 Å². The highest BCUT2D eigenvalue weighted by Crippen LogP contribution is 2.40. The van der Waals surface area contributed by atoms with Gasteiger partial charge in [0.15, 0.2) is 0 Å². The van der Waals surface area contributed by atoms with E-state index in [0.717, 1.165) is 12.8 Å². The molecule has 0 aromatic carbocycles. The Kier molecular flexibility index (Phi) is 5.17. The number of hydrogen-bond acceptors (Lipinski definition) is 2. The SMILES string of the molecule is CC1CCC(NC(=O)C2CCCC(C(F)(F)F)C2)C(C)N1. The van der Waals surface area contributed by atoms with Crippen molar-refractivity contribution < 1.29 is 18.0 Å². The van der Waals surface area contributed by atoms with Gasteiger partial charge in [0.25, 0.3) is 0 Å². The highest BCUT2D eigenvalue weighted by molar-refractivity contribution is 5.79. The largest absolute Gasteiger partial charge is 0.391 e. The van der Waals surface area contributed by atoms with Gasteiger partial charge in [0.05, 0.1) is 5.92 Å². The molecule has 0 aromatic rings. The Morgan fingerprint density at radius 2 is 1.86 bits per heavy atom. The van der Waals surface area contributed by atoms with E-state index in [-0.39, 0.29) is 30.8 Å². The monoisotopic (exact) mass is 306 g/mol. The molecule has 1 saturated carbocycles. The third-order valence-corrected chi connectivity index (χ3v) is 4.90. The number of carbonyl (C=O) groups excluding carboxylic acids is 1. The molecule has 2 N–H and O–H groups in total. The molecule has 0 aromatic heterocycles. The third-order valence-electron chi connectivity index (χ3n) is 4.90. The minimum absolute atomic E-state index is 0.0277. The van der Waals surface area contributed by atoms with E-state index in [1.807, 2.05) is 6.92 Å². The van der Waals surface area contributed by atoms with E-state index in [1.54, 1.807) is 0 Å². The van der Waals surface area contributed by atoms with Gasteiger partial charge in [-0.15, -0.1) is 0 Å². The summed E-state index contributed by atoms with van der Waals surface area (Å²) in [6, 6.07) is 0.622. The predicted molar refractivity (Wildman–Crippen MR) is 74.7 cm³/mol. The maximum absolute atomic E-state index is 12.8. The molecule has 1 heterocycles. The number of amides is 1. The highest BCUT2D eigenvalue weighted by Gasteiger charge is 2.43. The molecule has 0 spiro atoms. The van der Waals surface area contributed by atoms with Crippen LogP contribution in [0.1, 0.15) is 52.4 Å². The summed E-state index contributed by atoms with van der Waals surface area (Å²) < 4.78 is 38.4. The van der Waals surface area contributed by atoms with Gasteiger partial charge < -0.3 is 10.6 Å². The summed E-state index contributed by atoms with van der Waals surface area (Å²) in [7, 11) is 0. The average molecular weight is 306 g/mol. The Morgan fingerprint density at radius 1 is 1.14 bits per heavy atom. The van der Waals surface area contributed by atoms with Gasteiger partial charge in [0, 0.05) is 24.0 Å². The summed E-state index contributed by atoms with van der Waals surface area (Å²) in [6.07, 6.45) is -1.15. The van der Waals surface area contributed by atoms with Crippen LogP contribution in [0.25, 0.3) is 0 Å². The van der Waals surface area contributed by atoms with E-state index < -0.39 is 18.0 Å². The van der Waals surface area contributed by atoms with E-state index in [4.69, 9.17) is 0 Å². The number of hydrogen-bond donors (Lipinski definition) is 2. The molecule has 0 radical (unpaired) electrons. The van der Waals surface area contributed by atoms with Crippen molar-refractivity contribution >= 4 is 5.91 Å². The van der Waals surface area contributed by atoms with Gasteiger partial charge in [-0.05, 0) is 46.0 Å². The van der Waals surface area contributed by atoms with Crippen LogP contribution in [-0.4, -0.2) is 30.2 Å². The molecular weight excluding hydrogens is 281 g/mol. The minimum atomic E-state index is -4.17. The van der Waals surface area contributed by atoms with Gasteiger partial charge in [-0.2, -0.15) is 13.2 Å². The summed E-state index contributed by atoms with van der Waals surface area (Å²) in [4.78, 5) is 12.3. The number of piperidine rings is 1. The average Bonchev–Trinajstić information content (AvgIpc) is 2.41. The molecule has 6 heteroatoms. The Hall–Kier alpha value is -0.780. The second kappa shape index (κ2) is 6.55. The standard InChI is InChI=1S/C15H25F3N2O/c1-9-6-7-13(10(2)19-9)20-14(21)11-4-3-5-12(8-11)15(16,17)18/h9-13,19H,3-8H2,1-2H3,(H,20,21). The molecule has 5 unspecified atom stereocenters. The second-order valence-electron chi connectivity index (χ2n) is 6.65. The number of nitrogens with one attached hydrogen (secondary N) is 2. The lowest BCUT2D eigenvalue weighted by atomic mass is 9.80. The first kappa shape index (κ1) is 16.6. The molecule has 5 atom stereocenters. The van der Waals surface area contributed by atoms with Crippen LogP contribution in [-0.2, 0) is 4.79 Å². The molecule has 0 bridgehead atoms. The molecule has 21 heavy (non-hydrogen) atoms. The van der Waals surface area contributed by atoms with Gasteiger partial charge in [-0.25, -0.2) is 0 Å². The number of rotatable bonds is 2. The maximum Gasteiger partial charge on any atom is 0.391 e. The van der Waals surface area contributed by atoms with Gasteiger partial charge in [-0.3, -0.25) is 4.79 Å². The molecule has 1 aliphatic carbocycles. The first-order chi connectivity index (χ1) is 9.77. The summed E-state index contributed by atoms with van der Waals surface area (Å²) >= 11 is 0. The van der Waals surface area contributed by atoms with Crippen molar-refractivity contribution in [1.29, 1.82) is 0 Å². The number of alkyl halides is 3. The summed E-state index contributed by atoms with van der Waals surface area (Å²) in [5.41, 5.74) is 0. The van der Waals surface area contributed by atoms with Crippen molar-refractivity contribution in [2.45, 2.75) is 76.7 Å². The van der Waals surface area contributed by atoms with Gasteiger partial charge in [0.1, 0.15) is 0 Å². The maximum atomic E-state index is 12.8. The fourth-order valence-electron chi connectivity index (χ4n) is 3.55. The van der Waals surface area contributed by atoms with E-state index in [2.05, 4.69) is 17.6 Å². The fraction of sp³-hybridized carbons (Fsp3) is 0.933. The van der Waals surface area contributed by atoms with E-state index in [0.29, 0.717) is 18.9 Å². The lowest BCUT2D eigenvalue weighted by Gasteiger charge is -2.36. The van der Waals surface area contributed by atoms with Crippen molar-refractivity contribution in [3.05, 3.63) is 0 Å². The fourth-order valence-corrected chi connectivity index (χ4v) is 3.55. The summed E-state index contributed by atoms with van der Waals surface area (Å²) in [6.45, 7) is 4.11. The van der Waals surface area contributed by atoms with Crippen LogP contribution in [0.3, 0.4) is 0 Å². The zero-order valence-electron chi connectivity index (χ0n) is 12.7. The molecule has 2 rings (SSSR count). The molecule has 2 aliphatic rings. The summed E-state index contributed by atoms with van der Waals surface area (Å²) in [5.74, 6) is -2.00. The molecule has 1 aliphatic heterocycles. The predicted octanol–water partition coefficient (Wildman–Crippen LogP) is 3.00. The quantitative estimate of drug-likeness (QED) is 0.823. The number of halogens is 3. The normalized spacial score (nSPS) is 38.0. The highest BCUT2D eigenvalue weighted by atomic mass is 19.4. The summed E-state index contributed by atoms with van der Waals surface area (Å²) in [5, 5.41) is 6.34. The Bertz CT molecular complexity index is 372. The zero-order chi connectivity index (χ0) is 15.6. The van der Waals surface area contributed by atoms with E-state index >= 15 is 0 Å². The van der Waals surface area contributed by atoms with Crippen molar-refractivity contribution in [3.63, 3.8) is 0 Å². The van der Waals surface area contributed by atoms with Crippen molar-refractivity contribution in [2.24, 2.45) is 11.8 Å². The first-order valence-electron chi connectivity index (χ1n) is 7.90. The van der Waals surface area contributed by atoms with Crippen molar-refractivity contribution in [3.8, 4) is 0 Å². The van der Waals surface area contributed by atoms with Crippen LogP contribution >= 0.6 is 0 Å². The van der Waals surface area contributed by atoms with Crippen LogP contribution in [0, 0.1) is 11.8 Å². The lowest BCUT2D eigenvalue weighted by Crippen LogP contribution is -2.56. The lowest BCUT2D eigenvalue weighted by molar-refractivity contribution is -0.186. The smallest absolute Gasteiger partial charge is 0.352 e. The molecular formula is C15H25F3N2O. The molecule has 1 amide bonds. The Morgan fingerprint density at radius 3 is 2.48 bits per heavy atom. The Labute approximate surface area is 124 Å². The molecule has 2 fully saturated rings. The minimum Gasteiger partial charge on any atom is -0.352 e. The van der Waals surface area contributed by atoms with Crippen LogP contribution < -0.4 is 10.6 Å². The molecule has 122 valence electrons. The van der Waals surface area contributed by atoms with Crippen LogP contribution in [0.2, 0.25) is 0 Å². The van der Waals surface area contributed by atoms with E-state index in [1.165, 1.54) is 0 Å². The van der Waals surface area contributed by atoms with Gasteiger partial charge in [-0.1, -0.05) is 6.42 Å². The zero-order valence-corrected chi connectivity index (χ0v) is 12.7. The van der Waals surface area contributed by atoms with E-state index in [9.17, 15) is 18.0 Å². The number of carbonyl (C=O) groups is 1. The van der Waals surface area contributed by atoms with Crippen LogP contribution in [0.15, 0.2) is 0 Å². The van der Waals surface area contributed by atoms with Crippen LogP contribution in [0.5, 0.6) is 0 Å². The van der Waals surface area contributed by atoms with Gasteiger partial charge >= 0.3 is 6.18 Å². The molecule has 1 saturated heterocycles. The van der Waals surface area contributed by atoms with Gasteiger partial charge in [0.2, 0.25) is 5.91 Å². The Balaban J connectivity index is 1.88. The second-order valence-corrected chi connectivity index (χ2v) is 6.65.